The number of aromatic amines is 1. The first-order valence-electron chi connectivity index (χ1n) is 8.40. The zero-order valence-electron chi connectivity index (χ0n) is 16.0. The van der Waals surface area contributed by atoms with E-state index in [2.05, 4.69) is 15.5 Å². The van der Waals surface area contributed by atoms with Crippen LogP contribution in [0.1, 0.15) is 16.1 Å². The Labute approximate surface area is 162 Å². The highest BCUT2D eigenvalue weighted by Crippen LogP contribution is 2.38. The zero-order valence-corrected chi connectivity index (χ0v) is 16.0. The molecule has 0 atom stereocenters. The largest absolute Gasteiger partial charge is 0.497 e. The van der Waals surface area contributed by atoms with Crippen molar-refractivity contribution in [3.8, 4) is 23.0 Å². The molecule has 0 bridgehead atoms. The van der Waals surface area contributed by atoms with Gasteiger partial charge in [-0.1, -0.05) is 0 Å². The van der Waals surface area contributed by atoms with Crippen molar-refractivity contribution in [3.63, 3.8) is 0 Å². The van der Waals surface area contributed by atoms with Gasteiger partial charge >= 0.3 is 0 Å². The summed E-state index contributed by atoms with van der Waals surface area (Å²) in [6.07, 6.45) is 1.48. The van der Waals surface area contributed by atoms with Crippen molar-refractivity contribution in [2.45, 2.75) is 0 Å². The molecule has 3 rings (SSSR count). The van der Waals surface area contributed by atoms with E-state index in [4.69, 9.17) is 18.9 Å². The fourth-order valence-corrected chi connectivity index (χ4v) is 2.81. The molecule has 8 nitrogen and oxygen atoms in total. The van der Waals surface area contributed by atoms with Crippen molar-refractivity contribution in [2.24, 2.45) is 5.10 Å². The molecule has 0 radical (unpaired) electrons. The molecular formula is C20H21N3O5. The third-order valence-electron chi connectivity index (χ3n) is 4.18. The lowest BCUT2D eigenvalue weighted by molar-refractivity contribution is 0.0951. The van der Waals surface area contributed by atoms with E-state index in [-0.39, 0.29) is 5.91 Å². The van der Waals surface area contributed by atoms with Crippen molar-refractivity contribution >= 4 is 23.0 Å². The van der Waals surface area contributed by atoms with Gasteiger partial charge in [0.15, 0.2) is 11.5 Å². The Hall–Kier alpha value is -3.68. The van der Waals surface area contributed by atoms with Gasteiger partial charge in [-0.2, -0.15) is 5.10 Å². The fraction of sp³-hybridized carbons (Fsp3) is 0.200. The second-order valence-electron chi connectivity index (χ2n) is 5.76. The quantitative estimate of drug-likeness (QED) is 0.483. The predicted octanol–water partition coefficient (Wildman–Crippen LogP) is 2.97. The molecule has 0 aliphatic heterocycles. The smallest absolute Gasteiger partial charge is 0.287 e. The van der Waals surface area contributed by atoms with Crippen molar-refractivity contribution < 1.29 is 23.7 Å². The number of methoxy groups -OCH3 is 4. The Kier molecular flexibility index (Phi) is 5.69. The molecule has 2 aromatic carbocycles. The highest BCUT2D eigenvalue weighted by molar-refractivity contribution is 5.98. The molecule has 0 saturated carbocycles. The highest BCUT2D eigenvalue weighted by Gasteiger charge is 2.15. The monoisotopic (exact) mass is 383 g/mol. The van der Waals surface area contributed by atoms with Crippen LogP contribution in [0.2, 0.25) is 0 Å². The van der Waals surface area contributed by atoms with Crippen molar-refractivity contribution in [1.82, 2.24) is 10.4 Å². The van der Waals surface area contributed by atoms with Gasteiger partial charge < -0.3 is 23.9 Å². The first-order chi connectivity index (χ1) is 13.6. The molecule has 0 unspecified atom stereocenters. The summed E-state index contributed by atoms with van der Waals surface area (Å²) in [5.41, 5.74) is 4.34. The molecule has 0 aliphatic rings. The second-order valence-corrected chi connectivity index (χ2v) is 5.76. The number of carbonyl (C=O) groups is 1. The Morgan fingerprint density at radius 3 is 2.43 bits per heavy atom. The van der Waals surface area contributed by atoms with Crippen LogP contribution in [0.4, 0.5) is 0 Å². The molecule has 0 spiro atoms. The lowest BCUT2D eigenvalue weighted by Gasteiger charge is -2.13. The van der Waals surface area contributed by atoms with Crippen LogP contribution < -0.4 is 24.4 Å². The molecule has 0 fully saturated rings. The zero-order chi connectivity index (χ0) is 20.1. The van der Waals surface area contributed by atoms with E-state index in [1.54, 1.807) is 32.4 Å². The summed E-state index contributed by atoms with van der Waals surface area (Å²) < 4.78 is 21.2. The van der Waals surface area contributed by atoms with Crippen LogP contribution in [0.5, 0.6) is 23.0 Å². The Morgan fingerprint density at radius 2 is 1.75 bits per heavy atom. The molecule has 0 saturated heterocycles. The summed E-state index contributed by atoms with van der Waals surface area (Å²) in [6, 6.07) is 10.7. The molecule has 146 valence electrons. The number of fused-ring (bicyclic) bond motifs is 1. The number of ether oxygens (including phenoxy) is 4. The molecule has 1 aromatic heterocycles. The molecular weight excluding hydrogens is 362 g/mol. The van der Waals surface area contributed by atoms with Gasteiger partial charge in [0.1, 0.15) is 11.4 Å². The van der Waals surface area contributed by atoms with Gasteiger partial charge in [-0.15, -0.1) is 0 Å². The van der Waals surface area contributed by atoms with Gasteiger partial charge in [0, 0.05) is 16.5 Å². The predicted molar refractivity (Wildman–Crippen MR) is 106 cm³/mol. The van der Waals surface area contributed by atoms with Gasteiger partial charge in [-0.3, -0.25) is 4.79 Å². The fourth-order valence-electron chi connectivity index (χ4n) is 2.81. The minimum absolute atomic E-state index is 0.370. The van der Waals surface area contributed by atoms with Gasteiger partial charge in [-0.25, -0.2) is 5.43 Å². The van der Waals surface area contributed by atoms with Crippen LogP contribution in [-0.2, 0) is 0 Å². The van der Waals surface area contributed by atoms with Gasteiger partial charge in [-0.05, 0) is 36.4 Å². The minimum Gasteiger partial charge on any atom is -0.497 e. The molecule has 1 amide bonds. The maximum atomic E-state index is 12.4. The number of carbonyl (C=O) groups excluding carboxylic acids is 1. The summed E-state index contributed by atoms with van der Waals surface area (Å²) in [5, 5.41) is 4.89. The number of hydrogen-bond acceptors (Lipinski definition) is 6. The summed E-state index contributed by atoms with van der Waals surface area (Å²) in [5.74, 6) is 1.79. The summed E-state index contributed by atoms with van der Waals surface area (Å²) in [7, 11) is 6.18. The second kappa shape index (κ2) is 8.34. The Bertz CT molecular complexity index is 1030. The summed E-state index contributed by atoms with van der Waals surface area (Å²) in [4.78, 5) is 15.4. The molecule has 8 heteroatoms. The number of aromatic nitrogens is 1. The van der Waals surface area contributed by atoms with E-state index in [0.717, 1.165) is 16.7 Å². The van der Waals surface area contributed by atoms with Crippen LogP contribution in [0.3, 0.4) is 0 Å². The first-order valence-corrected chi connectivity index (χ1v) is 8.40. The van der Waals surface area contributed by atoms with Crippen molar-refractivity contribution in [3.05, 3.63) is 47.7 Å². The number of hydrazone groups is 1. The number of rotatable bonds is 7. The lowest BCUT2D eigenvalue weighted by atomic mass is 10.2. The standard InChI is InChI=1S/C20H21N3O5/c1-25-14-6-7-15-13(9-14)10-16(22-15)20(24)23-21-11-12-5-8-17(26-2)19(28-4)18(12)27-3/h5-11,22H,1-4H3,(H,23,24)/b21-11-. The van der Waals surface area contributed by atoms with E-state index >= 15 is 0 Å². The highest BCUT2D eigenvalue weighted by atomic mass is 16.5. The topological polar surface area (TPSA) is 94.2 Å². The van der Waals surface area contributed by atoms with E-state index in [9.17, 15) is 4.79 Å². The molecule has 2 N–H and O–H groups in total. The molecule has 28 heavy (non-hydrogen) atoms. The maximum absolute atomic E-state index is 12.4. The SMILES string of the molecule is COc1ccc2[nH]c(C(=O)N/N=C\c3ccc(OC)c(OC)c3OC)cc2c1. The number of hydrogen-bond donors (Lipinski definition) is 2. The van der Waals surface area contributed by atoms with E-state index < -0.39 is 0 Å². The summed E-state index contributed by atoms with van der Waals surface area (Å²) in [6.45, 7) is 0. The normalized spacial score (nSPS) is 10.9. The van der Waals surface area contributed by atoms with Crippen LogP contribution >= 0.6 is 0 Å². The van der Waals surface area contributed by atoms with Crippen molar-refractivity contribution in [2.75, 3.05) is 28.4 Å². The van der Waals surface area contributed by atoms with Crippen LogP contribution in [0.25, 0.3) is 10.9 Å². The van der Waals surface area contributed by atoms with Gasteiger partial charge in [0.2, 0.25) is 5.75 Å². The Balaban J connectivity index is 1.78. The first kappa shape index (κ1) is 19.1. The Morgan fingerprint density at radius 1 is 0.964 bits per heavy atom. The average Bonchev–Trinajstić information content (AvgIpc) is 3.16. The number of nitrogens with zero attached hydrogens (tertiary/aromatic N) is 1. The third kappa shape index (κ3) is 3.71. The van der Waals surface area contributed by atoms with Crippen LogP contribution in [-0.4, -0.2) is 45.5 Å². The van der Waals surface area contributed by atoms with E-state index in [1.807, 2.05) is 18.2 Å². The summed E-state index contributed by atoms with van der Waals surface area (Å²) >= 11 is 0. The number of amides is 1. The third-order valence-corrected chi connectivity index (χ3v) is 4.18. The van der Waals surface area contributed by atoms with Crippen LogP contribution in [0.15, 0.2) is 41.5 Å². The number of H-pyrrole nitrogens is 1. The molecule has 0 aliphatic carbocycles. The molecule has 1 heterocycles. The molecule has 3 aromatic rings. The maximum Gasteiger partial charge on any atom is 0.287 e. The average molecular weight is 383 g/mol. The number of benzene rings is 2. The lowest BCUT2D eigenvalue weighted by Crippen LogP contribution is -2.18. The van der Waals surface area contributed by atoms with Gasteiger partial charge in [0.05, 0.1) is 34.7 Å². The van der Waals surface area contributed by atoms with E-state index in [0.29, 0.717) is 28.5 Å². The minimum atomic E-state index is -0.370. The number of nitrogens with one attached hydrogen (secondary N) is 2. The van der Waals surface area contributed by atoms with Crippen LogP contribution in [0, 0.1) is 0 Å². The van der Waals surface area contributed by atoms with E-state index in [1.165, 1.54) is 20.4 Å². The van der Waals surface area contributed by atoms with Crippen molar-refractivity contribution in [1.29, 1.82) is 0 Å². The van der Waals surface area contributed by atoms with Gasteiger partial charge in [0.25, 0.3) is 5.91 Å².